The summed E-state index contributed by atoms with van der Waals surface area (Å²) in [4.78, 5) is 2.68. The molecule has 1 rings (SSSR count). The van der Waals surface area contributed by atoms with Crippen LogP contribution in [0.25, 0.3) is 0 Å². The predicted octanol–water partition coefficient (Wildman–Crippen LogP) is 3.26. The minimum Gasteiger partial charge on any atom is -0.330 e. The van der Waals surface area contributed by atoms with E-state index in [0.29, 0.717) is 0 Å². The molecule has 0 aromatic heterocycles. The van der Waals surface area contributed by atoms with E-state index in [9.17, 15) is 0 Å². The van der Waals surface area contributed by atoms with Gasteiger partial charge in [0.2, 0.25) is 0 Å². The molecule has 1 aliphatic rings. The third-order valence-corrected chi connectivity index (χ3v) is 4.44. The van der Waals surface area contributed by atoms with Crippen molar-refractivity contribution in [3.8, 4) is 0 Å². The first-order chi connectivity index (χ1) is 8.02. The molecule has 2 unspecified atom stereocenters. The Bertz CT molecular complexity index is 213. The van der Waals surface area contributed by atoms with Crippen molar-refractivity contribution in [3.05, 3.63) is 0 Å². The van der Waals surface area contributed by atoms with Crippen LogP contribution in [0.15, 0.2) is 0 Å². The van der Waals surface area contributed by atoms with E-state index >= 15 is 0 Å². The van der Waals surface area contributed by atoms with E-state index < -0.39 is 0 Å². The number of nitrogens with two attached hydrogens (primary N) is 1. The topological polar surface area (TPSA) is 29.3 Å². The van der Waals surface area contributed by atoms with Gasteiger partial charge in [-0.2, -0.15) is 0 Å². The molecule has 2 nitrogen and oxygen atoms in total. The van der Waals surface area contributed by atoms with E-state index in [0.717, 1.165) is 25.0 Å². The molecule has 0 bridgehead atoms. The maximum atomic E-state index is 5.87. The lowest BCUT2D eigenvalue weighted by molar-refractivity contribution is 0.0941. The van der Waals surface area contributed by atoms with Crippen molar-refractivity contribution in [3.63, 3.8) is 0 Å². The van der Waals surface area contributed by atoms with Crippen LogP contribution in [0.5, 0.6) is 0 Å². The fourth-order valence-corrected chi connectivity index (χ4v) is 3.08. The standard InChI is InChI=1S/C15H32N2/c1-5-13-8-7-9-14(10-13)17(6-2)12-15(3,4)11-16/h13-14H,5-12,16H2,1-4H3. The first-order valence-electron chi connectivity index (χ1n) is 7.46. The second-order valence-corrected chi connectivity index (χ2v) is 6.53. The third kappa shape index (κ3) is 4.59. The molecule has 0 aromatic carbocycles. The minimum atomic E-state index is 0.259. The second kappa shape index (κ2) is 6.75. The van der Waals surface area contributed by atoms with Crippen molar-refractivity contribution >= 4 is 0 Å². The summed E-state index contributed by atoms with van der Waals surface area (Å²) in [6.45, 7) is 12.3. The molecule has 2 atom stereocenters. The zero-order valence-corrected chi connectivity index (χ0v) is 12.3. The molecule has 102 valence electrons. The summed E-state index contributed by atoms with van der Waals surface area (Å²) < 4.78 is 0. The highest BCUT2D eigenvalue weighted by atomic mass is 15.2. The van der Waals surface area contributed by atoms with Gasteiger partial charge in [0.1, 0.15) is 0 Å². The molecule has 0 saturated heterocycles. The van der Waals surface area contributed by atoms with Gasteiger partial charge >= 0.3 is 0 Å². The van der Waals surface area contributed by atoms with E-state index in [2.05, 4.69) is 32.6 Å². The molecule has 0 aromatic rings. The Morgan fingerprint density at radius 2 is 1.94 bits per heavy atom. The van der Waals surface area contributed by atoms with Crippen LogP contribution in [0.3, 0.4) is 0 Å². The SMILES string of the molecule is CCC1CCCC(N(CC)CC(C)(C)CN)C1. The average Bonchev–Trinajstić information content (AvgIpc) is 2.36. The fourth-order valence-electron chi connectivity index (χ4n) is 3.08. The van der Waals surface area contributed by atoms with Crippen molar-refractivity contribution in [2.45, 2.75) is 65.8 Å². The summed E-state index contributed by atoms with van der Waals surface area (Å²) >= 11 is 0. The normalized spacial score (nSPS) is 26.5. The largest absolute Gasteiger partial charge is 0.330 e. The molecule has 0 aliphatic heterocycles. The Kier molecular flexibility index (Phi) is 5.94. The van der Waals surface area contributed by atoms with Gasteiger partial charge in [-0.25, -0.2) is 0 Å². The lowest BCUT2D eigenvalue weighted by atomic mass is 9.82. The van der Waals surface area contributed by atoms with Crippen molar-refractivity contribution in [2.24, 2.45) is 17.1 Å². The number of nitrogens with zero attached hydrogens (tertiary/aromatic N) is 1. The van der Waals surface area contributed by atoms with Crippen LogP contribution < -0.4 is 5.73 Å². The van der Waals surface area contributed by atoms with Gasteiger partial charge in [0.05, 0.1) is 0 Å². The average molecular weight is 240 g/mol. The van der Waals surface area contributed by atoms with Crippen LogP contribution in [0.4, 0.5) is 0 Å². The molecule has 0 amide bonds. The highest BCUT2D eigenvalue weighted by Crippen LogP contribution is 2.31. The lowest BCUT2D eigenvalue weighted by Gasteiger charge is -2.40. The number of rotatable bonds is 6. The molecule has 17 heavy (non-hydrogen) atoms. The molecule has 0 heterocycles. The quantitative estimate of drug-likeness (QED) is 0.772. The van der Waals surface area contributed by atoms with Crippen LogP contribution >= 0.6 is 0 Å². The molecule has 1 aliphatic carbocycles. The second-order valence-electron chi connectivity index (χ2n) is 6.53. The Morgan fingerprint density at radius 3 is 2.47 bits per heavy atom. The van der Waals surface area contributed by atoms with Gasteiger partial charge in [-0.1, -0.05) is 47.0 Å². The first-order valence-corrected chi connectivity index (χ1v) is 7.46. The Hall–Kier alpha value is -0.0800. The van der Waals surface area contributed by atoms with E-state index in [1.807, 2.05) is 0 Å². The molecule has 2 heteroatoms. The van der Waals surface area contributed by atoms with Gasteiger partial charge in [0, 0.05) is 12.6 Å². The van der Waals surface area contributed by atoms with Crippen LogP contribution in [0, 0.1) is 11.3 Å². The summed E-state index contributed by atoms with van der Waals surface area (Å²) in [6.07, 6.45) is 7.03. The Morgan fingerprint density at radius 1 is 1.24 bits per heavy atom. The van der Waals surface area contributed by atoms with E-state index in [1.54, 1.807) is 0 Å². The van der Waals surface area contributed by atoms with Gasteiger partial charge in [0.25, 0.3) is 0 Å². The molecule has 2 N–H and O–H groups in total. The number of hydrogen-bond acceptors (Lipinski definition) is 2. The van der Waals surface area contributed by atoms with Crippen LogP contribution in [-0.2, 0) is 0 Å². The molecule has 0 spiro atoms. The third-order valence-electron chi connectivity index (χ3n) is 4.44. The highest BCUT2D eigenvalue weighted by Gasteiger charge is 2.28. The van der Waals surface area contributed by atoms with Gasteiger partial charge in [-0.15, -0.1) is 0 Å². The maximum absolute atomic E-state index is 5.87. The Balaban J connectivity index is 2.54. The van der Waals surface area contributed by atoms with Crippen LogP contribution in [-0.4, -0.2) is 30.6 Å². The minimum absolute atomic E-state index is 0.259. The maximum Gasteiger partial charge on any atom is 0.00980 e. The van der Waals surface area contributed by atoms with Crippen molar-refractivity contribution in [2.75, 3.05) is 19.6 Å². The van der Waals surface area contributed by atoms with E-state index in [4.69, 9.17) is 5.73 Å². The van der Waals surface area contributed by atoms with Crippen molar-refractivity contribution in [1.82, 2.24) is 4.90 Å². The van der Waals surface area contributed by atoms with Gasteiger partial charge in [-0.05, 0) is 37.3 Å². The van der Waals surface area contributed by atoms with E-state index in [1.165, 1.54) is 38.6 Å². The summed E-state index contributed by atoms with van der Waals surface area (Å²) in [5.41, 5.74) is 6.12. The fraction of sp³-hybridized carbons (Fsp3) is 1.00. The summed E-state index contributed by atoms with van der Waals surface area (Å²) in [5.74, 6) is 0.962. The summed E-state index contributed by atoms with van der Waals surface area (Å²) in [5, 5.41) is 0. The Labute approximate surface area is 108 Å². The van der Waals surface area contributed by atoms with Crippen molar-refractivity contribution < 1.29 is 0 Å². The van der Waals surface area contributed by atoms with Gasteiger partial charge < -0.3 is 10.6 Å². The monoisotopic (exact) mass is 240 g/mol. The van der Waals surface area contributed by atoms with Gasteiger partial charge in [-0.3, -0.25) is 0 Å². The number of hydrogen-bond donors (Lipinski definition) is 1. The molecular weight excluding hydrogens is 208 g/mol. The lowest BCUT2D eigenvalue weighted by Crippen LogP contribution is -2.45. The highest BCUT2D eigenvalue weighted by molar-refractivity contribution is 4.83. The molecular formula is C15H32N2. The molecule has 1 saturated carbocycles. The summed E-state index contributed by atoms with van der Waals surface area (Å²) in [6, 6.07) is 0.810. The smallest absolute Gasteiger partial charge is 0.00980 e. The molecule has 1 fully saturated rings. The van der Waals surface area contributed by atoms with Crippen LogP contribution in [0.2, 0.25) is 0 Å². The van der Waals surface area contributed by atoms with Crippen molar-refractivity contribution in [1.29, 1.82) is 0 Å². The van der Waals surface area contributed by atoms with E-state index in [-0.39, 0.29) is 5.41 Å². The molecule has 0 radical (unpaired) electrons. The summed E-state index contributed by atoms with van der Waals surface area (Å²) in [7, 11) is 0. The van der Waals surface area contributed by atoms with Gasteiger partial charge in [0.15, 0.2) is 0 Å². The zero-order chi connectivity index (χ0) is 12.9. The predicted molar refractivity (Wildman–Crippen MR) is 76.1 cm³/mol. The zero-order valence-electron chi connectivity index (χ0n) is 12.3. The first kappa shape index (κ1) is 15.0. The van der Waals surface area contributed by atoms with Crippen LogP contribution in [0.1, 0.15) is 59.8 Å².